The lowest BCUT2D eigenvalue weighted by Gasteiger charge is -2.34. The summed E-state index contributed by atoms with van der Waals surface area (Å²) in [4.78, 5) is 31.0. The van der Waals surface area contributed by atoms with Gasteiger partial charge in [0.1, 0.15) is 5.75 Å². The van der Waals surface area contributed by atoms with E-state index in [-0.39, 0.29) is 18.2 Å². The third-order valence-corrected chi connectivity index (χ3v) is 5.01. The van der Waals surface area contributed by atoms with Crippen LogP contribution in [0.2, 0.25) is 0 Å². The maximum absolute atomic E-state index is 12.3. The molecule has 0 saturated carbocycles. The van der Waals surface area contributed by atoms with Gasteiger partial charge in [0.05, 0.1) is 15.6 Å². The zero-order valence-corrected chi connectivity index (χ0v) is 15.3. The van der Waals surface area contributed by atoms with Crippen molar-refractivity contribution in [1.29, 1.82) is 0 Å². The third kappa shape index (κ3) is 4.77. The Hall–Kier alpha value is -2.52. The molecule has 0 radical (unpaired) electrons. The molecule has 2 aromatic rings. The van der Waals surface area contributed by atoms with Crippen LogP contribution < -0.4 is 4.74 Å². The first-order valence-electron chi connectivity index (χ1n) is 8.29. The summed E-state index contributed by atoms with van der Waals surface area (Å²) in [6.45, 7) is 5.67. The average molecular weight is 376 g/mol. The quantitative estimate of drug-likeness (QED) is 0.566. The fourth-order valence-corrected chi connectivity index (χ4v) is 3.37. The summed E-state index contributed by atoms with van der Waals surface area (Å²) in [5.74, 6) is 0.369. The average Bonchev–Trinajstić information content (AvgIpc) is 3.05. The number of hydrogen-bond acceptors (Lipinski definition) is 7. The minimum atomic E-state index is -0.471. The molecule has 9 heteroatoms. The highest BCUT2D eigenvalue weighted by atomic mass is 32.1. The number of aryl methyl sites for hydroxylation is 1. The number of non-ortho nitro benzene ring substituents is 1. The highest BCUT2D eigenvalue weighted by Crippen LogP contribution is 2.17. The van der Waals surface area contributed by atoms with E-state index in [0.717, 1.165) is 30.3 Å². The molecule has 0 unspecified atom stereocenters. The summed E-state index contributed by atoms with van der Waals surface area (Å²) in [6, 6.07) is 5.72. The van der Waals surface area contributed by atoms with Gasteiger partial charge in [0.25, 0.3) is 11.6 Å². The van der Waals surface area contributed by atoms with Gasteiger partial charge in [-0.2, -0.15) is 0 Å². The molecule has 0 aliphatic carbocycles. The second-order valence-corrected chi connectivity index (χ2v) is 7.12. The molecular weight excluding hydrogens is 356 g/mol. The van der Waals surface area contributed by atoms with Crippen molar-refractivity contribution in [3.8, 4) is 5.75 Å². The number of thiazole rings is 1. The number of ether oxygens (including phenoxy) is 1. The van der Waals surface area contributed by atoms with E-state index in [1.54, 1.807) is 16.2 Å². The number of benzene rings is 1. The molecule has 1 aliphatic heterocycles. The van der Waals surface area contributed by atoms with Gasteiger partial charge in [-0.05, 0) is 19.1 Å². The van der Waals surface area contributed by atoms with Gasteiger partial charge >= 0.3 is 0 Å². The summed E-state index contributed by atoms with van der Waals surface area (Å²) in [6.07, 6.45) is 0. The van der Waals surface area contributed by atoms with Gasteiger partial charge in [-0.25, -0.2) is 4.98 Å². The van der Waals surface area contributed by atoms with E-state index < -0.39 is 4.92 Å². The number of hydrogen-bond donors (Lipinski definition) is 0. The van der Waals surface area contributed by atoms with Crippen LogP contribution in [0.25, 0.3) is 0 Å². The van der Waals surface area contributed by atoms with Crippen LogP contribution in [0.4, 0.5) is 5.69 Å². The van der Waals surface area contributed by atoms with Crippen LogP contribution in [-0.2, 0) is 11.3 Å². The molecule has 0 N–H and O–H groups in total. The molecule has 1 aromatic carbocycles. The predicted octanol–water partition coefficient (Wildman–Crippen LogP) is 2.08. The molecule has 1 saturated heterocycles. The molecule has 1 amide bonds. The molecule has 2 heterocycles. The second-order valence-electron chi connectivity index (χ2n) is 6.05. The van der Waals surface area contributed by atoms with E-state index in [1.165, 1.54) is 24.3 Å². The van der Waals surface area contributed by atoms with Gasteiger partial charge in [-0.15, -0.1) is 11.3 Å². The highest BCUT2D eigenvalue weighted by molar-refractivity contribution is 7.09. The number of nitrogens with zero attached hydrogens (tertiary/aromatic N) is 4. The number of carbonyl (C=O) groups excluding carboxylic acids is 1. The van der Waals surface area contributed by atoms with E-state index in [9.17, 15) is 14.9 Å². The van der Waals surface area contributed by atoms with Gasteiger partial charge in [0.2, 0.25) is 0 Å². The molecule has 1 aliphatic rings. The number of amides is 1. The van der Waals surface area contributed by atoms with Gasteiger partial charge < -0.3 is 9.64 Å². The Morgan fingerprint density at radius 3 is 2.54 bits per heavy atom. The Morgan fingerprint density at radius 1 is 1.27 bits per heavy atom. The van der Waals surface area contributed by atoms with Gasteiger partial charge in [-0.1, -0.05) is 0 Å². The number of aromatic nitrogens is 1. The van der Waals surface area contributed by atoms with Crippen molar-refractivity contribution in [3.05, 3.63) is 50.5 Å². The molecule has 0 spiro atoms. The SMILES string of the molecule is Cc1nc(CN2CCN(C(=O)COc3ccc([N+](=O)[O-])cc3)CC2)cs1. The first-order chi connectivity index (χ1) is 12.5. The van der Waals surface area contributed by atoms with Crippen LogP contribution in [0.15, 0.2) is 29.6 Å². The summed E-state index contributed by atoms with van der Waals surface area (Å²) >= 11 is 1.65. The second kappa shape index (κ2) is 8.24. The monoisotopic (exact) mass is 376 g/mol. The minimum absolute atomic E-state index is 0.00453. The van der Waals surface area contributed by atoms with Gasteiger partial charge in [0, 0.05) is 50.2 Å². The Bertz CT molecular complexity index is 769. The number of piperazine rings is 1. The number of nitro groups is 1. The molecule has 3 rings (SSSR count). The Labute approximate surface area is 155 Å². The molecule has 138 valence electrons. The van der Waals surface area contributed by atoms with E-state index in [4.69, 9.17) is 4.74 Å². The van der Waals surface area contributed by atoms with Crippen molar-refractivity contribution >= 4 is 22.9 Å². The van der Waals surface area contributed by atoms with Crippen LogP contribution >= 0.6 is 11.3 Å². The third-order valence-electron chi connectivity index (χ3n) is 4.19. The Morgan fingerprint density at radius 2 is 1.96 bits per heavy atom. The zero-order chi connectivity index (χ0) is 18.5. The van der Waals surface area contributed by atoms with Crippen LogP contribution in [0.1, 0.15) is 10.7 Å². The first-order valence-corrected chi connectivity index (χ1v) is 9.17. The van der Waals surface area contributed by atoms with Crippen molar-refractivity contribution in [2.24, 2.45) is 0 Å². The van der Waals surface area contributed by atoms with Crippen molar-refractivity contribution in [3.63, 3.8) is 0 Å². The molecule has 26 heavy (non-hydrogen) atoms. The molecule has 1 fully saturated rings. The highest BCUT2D eigenvalue weighted by Gasteiger charge is 2.22. The van der Waals surface area contributed by atoms with Crippen molar-refractivity contribution < 1.29 is 14.5 Å². The zero-order valence-electron chi connectivity index (χ0n) is 14.5. The smallest absolute Gasteiger partial charge is 0.269 e. The molecule has 0 bridgehead atoms. The van der Waals surface area contributed by atoms with E-state index >= 15 is 0 Å². The van der Waals surface area contributed by atoms with E-state index in [1.807, 2.05) is 6.92 Å². The number of carbonyl (C=O) groups is 1. The van der Waals surface area contributed by atoms with E-state index in [2.05, 4.69) is 15.3 Å². The first kappa shape index (κ1) is 18.3. The fourth-order valence-electron chi connectivity index (χ4n) is 2.77. The maximum atomic E-state index is 12.3. The summed E-state index contributed by atoms with van der Waals surface area (Å²) in [5.41, 5.74) is 1.07. The largest absolute Gasteiger partial charge is 0.484 e. The topological polar surface area (TPSA) is 88.8 Å². The lowest BCUT2D eigenvalue weighted by atomic mass is 10.3. The molecular formula is C17H20N4O4S. The minimum Gasteiger partial charge on any atom is -0.484 e. The summed E-state index contributed by atoms with van der Waals surface area (Å²) in [5, 5.41) is 13.8. The van der Waals surface area contributed by atoms with Crippen molar-refractivity contribution in [2.75, 3.05) is 32.8 Å². The van der Waals surface area contributed by atoms with Crippen molar-refractivity contribution in [1.82, 2.24) is 14.8 Å². The van der Waals surface area contributed by atoms with Crippen molar-refractivity contribution in [2.45, 2.75) is 13.5 Å². The summed E-state index contributed by atoms with van der Waals surface area (Å²) < 4.78 is 5.44. The Kier molecular flexibility index (Phi) is 5.79. The maximum Gasteiger partial charge on any atom is 0.269 e. The predicted molar refractivity (Wildman–Crippen MR) is 97.3 cm³/mol. The van der Waals surface area contributed by atoms with Crippen LogP contribution in [0.3, 0.4) is 0 Å². The van der Waals surface area contributed by atoms with Crippen LogP contribution in [-0.4, -0.2) is 58.4 Å². The number of rotatable bonds is 6. The lowest BCUT2D eigenvalue weighted by Crippen LogP contribution is -2.49. The van der Waals surface area contributed by atoms with Crippen LogP contribution in [0, 0.1) is 17.0 Å². The lowest BCUT2D eigenvalue weighted by molar-refractivity contribution is -0.384. The van der Waals surface area contributed by atoms with E-state index in [0.29, 0.717) is 18.8 Å². The number of nitro benzene ring substituents is 1. The fraction of sp³-hybridized carbons (Fsp3) is 0.412. The van der Waals surface area contributed by atoms with Gasteiger partial charge in [-0.3, -0.25) is 19.8 Å². The van der Waals surface area contributed by atoms with Gasteiger partial charge in [0.15, 0.2) is 6.61 Å². The van der Waals surface area contributed by atoms with Crippen LogP contribution in [0.5, 0.6) is 5.75 Å². The Balaban J connectivity index is 1.42. The molecule has 1 aromatic heterocycles. The normalized spacial score (nSPS) is 15.0. The molecule has 0 atom stereocenters. The molecule has 8 nitrogen and oxygen atoms in total. The summed E-state index contributed by atoms with van der Waals surface area (Å²) in [7, 11) is 0. The standard InChI is InChI=1S/C17H20N4O4S/c1-13-18-14(12-26-13)10-19-6-8-20(9-7-19)17(22)11-25-16-4-2-15(3-5-16)21(23)24/h2-5,12H,6-11H2,1H3.